The number of ether oxygens (including phenoxy) is 1. The molecule has 124 valence electrons. The summed E-state index contributed by atoms with van der Waals surface area (Å²) in [5.74, 6) is 0.860. The molecular formula is C14H24N4O3S. The van der Waals surface area contributed by atoms with Crippen LogP contribution in [0.25, 0.3) is 0 Å². The van der Waals surface area contributed by atoms with E-state index in [0.29, 0.717) is 12.1 Å². The van der Waals surface area contributed by atoms with Crippen molar-refractivity contribution in [3.8, 4) is 0 Å². The van der Waals surface area contributed by atoms with Crippen LogP contribution in [0.4, 0.5) is 11.5 Å². The highest BCUT2D eigenvalue weighted by atomic mass is 32.2. The maximum atomic E-state index is 11.7. The van der Waals surface area contributed by atoms with Gasteiger partial charge in [-0.3, -0.25) is 9.62 Å². The highest BCUT2D eigenvalue weighted by Gasteiger charge is 2.10. The van der Waals surface area contributed by atoms with Crippen molar-refractivity contribution in [3.63, 3.8) is 0 Å². The van der Waals surface area contributed by atoms with Crippen LogP contribution in [0.1, 0.15) is 13.3 Å². The number of nitrogens with zero attached hydrogens (tertiary/aromatic N) is 2. The molecule has 0 unspecified atom stereocenters. The van der Waals surface area contributed by atoms with Gasteiger partial charge in [-0.05, 0) is 18.6 Å². The summed E-state index contributed by atoms with van der Waals surface area (Å²) in [6, 6.07) is 3.50. The molecule has 22 heavy (non-hydrogen) atoms. The van der Waals surface area contributed by atoms with Crippen LogP contribution in [0, 0.1) is 0 Å². The van der Waals surface area contributed by atoms with Gasteiger partial charge in [-0.15, -0.1) is 0 Å². The summed E-state index contributed by atoms with van der Waals surface area (Å²) in [6.07, 6.45) is 2.12. The Balaban J connectivity index is 1.76. The number of hydrogen-bond donors (Lipinski definition) is 2. The van der Waals surface area contributed by atoms with E-state index in [0.717, 1.165) is 45.2 Å². The van der Waals surface area contributed by atoms with Crippen molar-refractivity contribution in [2.75, 3.05) is 55.2 Å². The first-order valence-corrected chi connectivity index (χ1v) is 9.25. The van der Waals surface area contributed by atoms with Crippen LogP contribution in [0.3, 0.4) is 0 Å². The van der Waals surface area contributed by atoms with Gasteiger partial charge >= 0.3 is 0 Å². The fraction of sp³-hybridized carbons (Fsp3) is 0.643. The Morgan fingerprint density at radius 2 is 2.09 bits per heavy atom. The van der Waals surface area contributed by atoms with Crippen molar-refractivity contribution in [2.24, 2.45) is 0 Å². The topological polar surface area (TPSA) is 83.6 Å². The zero-order valence-electron chi connectivity index (χ0n) is 12.9. The molecule has 0 saturated carbocycles. The van der Waals surface area contributed by atoms with Crippen LogP contribution < -0.4 is 10.0 Å². The van der Waals surface area contributed by atoms with Crippen LogP contribution in [0.5, 0.6) is 0 Å². The van der Waals surface area contributed by atoms with Crippen LogP contribution in [0.15, 0.2) is 18.3 Å². The molecule has 1 aromatic rings. The van der Waals surface area contributed by atoms with Gasteiger partial charge in [0.1, 0.15) is 5.82 Å². The summed E-state index contributed by atoms with van der Waals surface area (Å²) in [6.45, 7) is 7.10. The predicted molar refractivity (Wildman–Crippen MR) is 87.7 cm³/mol. The van der Waals surface area contributed by atoms with E-state index in [4.69, 9.17) is 4.74 Å². The fourth-order valence-corrected chi connectivity index (χ4v) is 3.34. The molecule has 0 aliphatic carbocycles. The van der Waals surface area contributed by atoms with Gasteiger partial charge < -0.3 is 10.1 Å². The first-order valence-electron chi connectivity index (χ1n) is 7.59. The SMILES string of the molecule is CCCS(=O)(=O)Nc1ccc(NCCN2CCOCC2)nc1. The molecule has 1 fully saturated rings. The minimum absolute atomic E-state index is 0.118. The maximum absolute atomic E-state index is 11.7. The number of rotatable bonds is 8. The lowest BCUT2D eigenvalue weighted by Crippen LogP contribution is -2.39. The van der Waals surface area contributed by atoms with Crippen LogP contribution >= 0.6 is 0 Å². The van der Waals surface area contributed by atoms with E-state index in [1.807, 2.05) is 6.92 Å². The third-order valence-electron chi connectivity index (χ3n) is 3.35. The molecular weight excluding hydrogens is 304 g/mol. The van der Waals surface area contributed by atoms with Gasteiger partial charge in [-0.25, -0.2) is 13.4 Å². The number of pyridine rings is 1. The Morgan fingerprint density at radius 3 is 2.73 bits per heavy atom. The van der Waals surface area contributed by atoms with Gasteiger partial charge in [0.15, 0.2) is 0 Å². The highest BCUT2D eigenvalue weighted by molar-refractivity contribution is 7.92. The molecule has 0 spiro atoms. The van der Waals surface area contributed by atoms with Crippen molar-refractivity contribution in [1.82, 2.24) is 9.88 Å². The average molecular weight is 328 g/mol. The van der Waals surface area contributed by atoms with Crippen molar-refractivity contribution in [3.05, 3.63) is 18.3 Å². The number of hydrogen-bond acceptors (Lipinski definition) is 6. The highest BCUT2D eigenvalue weighted by Crippen LogP contribution is 2.11. The van der Waals surface area contributed by atoms with Crippen molar-refractivity contribution in [1.29, 1.82) is 0 Å². The monoisotopic (exact) mass is 328 g/mol. The zero-order valence-corrected chi connectivity index (χ0v) is 13.7. The zero-order chi connectivity index (χ0) is 15.8. The van der Waals surface area contributed by atoms with E-state index in [1.165, 1.54) is 6.20 Å². The summed E-state index contributed by atoms with van der Waals surface area (Å²) in [5.41, 5.74) is 0.493. The van der Waals surface area contributed by atoms with Crippen LogP contribution in [0.2, 0.25) is 0 Å². The third kappa shape index (κ3) is 5.78. The Bertz CT molecular complexity index is 542. The van der Waals surface area contributed by atoms with Gasteiger partial charge in [0.25, 0.3) is 0 Å². The van der Waals surface area contributed by atoms with E-state index in [-0.39, 0.29) is 5.75 Å². The largest absolute Gasteiger partial charge is 0.379 e. The quantitative estimate of drug-likeness (QED) is 0.740. The van der Waals surface area contributed by atoms with Crippen LogP contribution in [-0.4, -0.2) is 63.4 Å². The van der Waals surface area contributed by atoms with Crippen LogP contribution in [-0.2, 0) is 14.8 Å². The second kappa shape index (κ2) is 8.30. The Kier molecular flexibility index (Phi) is 6.41. The standard InChI is InChI=1S/C14H24N4O3S/c1-2-11-22(19,20)17-13-3-4-14(16-12-13)15-5-6-18-7-9-21-10-8-18/h3-4,12,17H,2,5-11H2,1H3,(H,15,16). The normalized spacial score (nSPS) is 16.4. The smallest absolute Gasteiger partial charge is 0.232 e. The molecule has 0 aromatic carbocycles. The fourth-order valence-electron chi connectivity index (χ4n) is 2.22. The van der Waals surface area contributed by atoms with Gasteiger partial charge in [0.2, 0.25) is 10.0 Å². The second-order valence-corrected chi connectivity index (χ2v) is 7.08. The van der Waals surface area contributed by atoms with Gasteiger partial charge in [0.05, 0.1) is 30.9 Å². The van der Waals surface area contributed by atoms with Crippen molar-refractivity contribution in [2.45, 2.75) is 13.3 Å². The molecule has 2 rings (SSSR count). The molecule has 7 nitrogen and oxygen atoms in total. The van der Waals surface area contributed by atoms with E-state index in [2.05, 4.69) is 19.9 Å². The molecule has 1 aliphatic rings. The molecule has 2 heterocycles. The molecule has 0 radical (unpaired) electrons. The van der Waals surface area contributed by atoms with E-state index >= 15 is 0 Å². The molecule has 1 aromatic heterocycles. The van der Waals surface area contributed by atoms with E-state index in [1.54, 1.807) is 12.1 Å². The summed E-state index contributed by atoms with van der Waals surface area (Å²) >= 11 is 0. The maximum Gasteiger partial charge on any atom is 0.232 e. The molecule has 1 saturated heterocycles. The molecule has 8 heteroatoms. The molecule has 0 amide bonds. The predicted octanol–water partition coefficient (Wildman–Crippen LogP) is 0.977. The number of morpholine rings is 1. The average Bonchev–Trinajstić information content (AvgIpc) is 2.50. The lowest BCUT2D eigenvalue weighted by atomic mass is 10.4. The molecule has 0 atom stereocenters. The van der Waals surface area contributed by atoms with Crippen molar-refractivity contribution >= 4 is 21.5 Å². The summed E-state index contributed by atoms with van der Waals surface area (Å²) in [7, 11) is -3.26. The minimum atomic E-state index is -3.26. The Morgan fingerprint density at radius 1 is 1.32 bits per heavy atom. The van der Waals surface area contributed by atoms with Gasteiger partial charge in [-0.1, -0.05) is 6.92 Å². The molecule has 2 N–H and O–H groups in total. The van der Waals surface area contributed by atoms with E-state index < -0.39 is 10.0 Å². The number of nitrogens with one attached hydrogen (secondary N) is 2. The summed E-state index contributed by atoms with van der Waals surface area (Å²) < 4.78 is 31.1. The van der Waals surface area contributed by atoms with Gasteiger partial charge in [0, 0.05) is 26.2 Å². The lowest BCUT2D eigenvalue weighted by molar-refractivity contribution is 0.0398. The second-order valence-electron chi connectivity index (χ2n) is 5.23. The lowest BCUT2D eigenvalue weighted by Gasteiger charge is -2.26. The summed E-state index contributed by atoms with van der Waals surface area (Å²) in [4.78, 5) is 6.56. The first-order chi connectivity index (χ1) is 10.6. The minimum Gasteiger partial charge on any atom is -0.379 e. The summed E-state index contributed by atoms with van der Waals surface area (Å²) in [5, 5.41) is 3.24. The third-order valence-corrected chi connectivity index (χ3v) is 4.84. The number of sulfonamides is 1. The number of anilines is 2. The van der Waals surface area contributed by atoms with Crippen molar-refractivity contribution < 1.29 is 13.2 Å². The van der Waals surface area contributed by atoms with Gasteiger partial charge in [-0.2, -0.15) is 0 Å². The van der Waals surface area contributed by atoms with E-state index in [9.17, 15) is 8.42 Å². The Labute approximate surface area is 132 Å². The molecule has 0 bridgehead atoms. The number of aromatic nitrogens is 1. The molecule has 1 aliphatic heterocycles. The Hall–Kier alpha value is -1.38. The first kappa shape index (κ1) is 17.0.